The van der Waals surface area contributed by atoms with Crippen LogP contribution in [-0.4, -0.2) is 20.0 Å². The van der Waals surface area contributed by atoms with Crippen molar-refractivity contribution in [1.29, 1.82) is 0 Å². The minimum atomic E-state index is 0.168. The lowest BCUT2D eigenvalue weighted by molar-refractivity contribution is 0.473. The predicted octanol–water partition coefficient (Wildman–Crippen LogP) is 2.44. The average molecular weight is 226 g/mol. The number of para-hydroxylation sites is 1. The summed E-state index contributed by atoms with van der Waals surface area (Å²) in [6.45, 7) is 0. The van der Waals surface area contributed by atoms with Crippen molar-refractivity contribution in [2.24, 2.45) is 0 Å². The first kappa shape index (κ1) is 9.72. The molecule has 0 aliphatic heterocycles. The van der Waals surface area contributed by atoms with Crippen molar-refractivity contribution in [2.45, 2.75) is 0 Å². The molecule has 0 unspecified atom stereocenters. The molecule has 0 spiro atoms. The van der Waals surface area contributed by atoms with Crippen LogP contribution in [0.1, 0.15) is 0 Å². The number of fused-ring (bicyclic) bond motifs is 1. The molecule has 2 N–H and O–H groups in total. The number of rotatable bonds is 1. The van der Waals surface area contributed by atoms with Gasteiger partial charge in [-0.25, -0.2) is 4.68 Å². The summed E-state index contributed by atoms with van der Waals surface area (Å²) >= 11 is 0. The molecule has 0 radical (unpaired) electrons. The van der Waals surface area contributed by atoms with Gasteiger partial charge in [-0.2, -0.15) is 5.10 Å². The molecule has 0 saturated carbocycles. The Labute approximate surface area is 97.4 Å². The Kier molecular flexibility index (Phi) is 2.01. The molecule has 0 amide bonds. The van der Waals surface area contributed by atoms with Crippen LogP contribution in [0.4, 0.5) is 0 Å². The molecule has 0 atom stereocenters. The number of aromatic nitrogens is 2. The second kappa shape index (κ2) is 3.52. The van der Waals surface area contributed by atoms with Crippen LogP contribution in [0, 0.1) is 0 Å². The van der Waals surface area contributed by atoms with Gasteiger partial charge in [-0.15, -0.1) is 0 Å². The van der Waals surface area contributed by atoms with Crippen molar-refractivity contribution in [3.05, 3.63) is 48.7 Å². The first-order chi connectivity index (χ1) is 8.25. The highest BCUT2D eigenvalue weighted by Crippen LogP contribution is 2.27. The minimum absolute atomic E-state index is 0.168. The normalized spacial score (nSPS) is 10.8. The molecule has 84 valence electrons. The lowest BCUT2D eigenvalue weighted by atomic mass is 10.2. The van der Waals surface area contributed by atoms with Crippen molar-refractivity contribution in [3.8, 4) is 17.2 Å². The molecular formula is C13H10N2O2. The van der Waals surface area contributed by atoms with Gasteiger partial charge >= 0.3 is 0 Å². The van der Waals surface area contributed by atoms with E-state index >= 15 is 0 Å². The first-order valence-electron chi connectivity index (χ1n) is 5.21. The standard InChI is InChI=1S/C13H10N2O2/c16-11-5-2-4-10(7-11)15-13-9(8-14-15)3-1-6-12(13)17/h1-8,16-17H. The molecule has 17 heavy (non-hydrogen) atoms. The van der Waals surface area contributed by atoms with Crippen molar-refractivity contribution in [2.75, 3.05) is 0 Å². The van der Waals surface area contributed by atoms with Crippen molar-refractivity contribution in [1.82, 2.24) is 9.78 Å². The number of phenols is 2. The maximum absolute atomic E-state index is 9.85. The lowest BCUT2D eigenvalue weighted by Crippen LogP contribution is -1.95. The van der Waals surface area contributed by atoms with Crippen LogP contribution in [0.2, 0.25) is 0 Å². The van der Waals surface area contributed by atoms with E-state index < -0.39 is 0 Å². The molecule has 0 aliphatic carbocycles. The Hall–Kier alpha value is -2.49. The van der Waals surface area contributed by atoms with E-state index in [1.165, 1.54) is 0 Å². The lowest BCUT2D eigenvalue weighted by Gasteiger charge is -2.05. The maximum Gasteiger partial charge on any atom is 0.141 e. The van der Waals surface area contributed by atoms with Crippen LogP contribution < -0.4 is 0 Å². The van der Waals surface area contributed by atoms with Crippen molar-refractivity contribution >= 4 is 10.9 Å². The molecule has 1 aromatic heterocycles. The molecule has 0 bridgehead atoms. The highest BCUT2D eigenvalue weighted by Gasteiger charge is 2.08. The van der Waals surface area contributed by atoms with Gasteiger partial charge in [0, 0.05) is 11.5 Å². The fourth-order valence-corrected chi connectivity index (χ4v) is 1.88. The van der Waals surface area contributed by atoms with E-state index in [9.17, 15) is 10.2 Å². The Morgan fingerprint density at radius 3 is 2.65 bits per heavy atom. The SMILES string of the molecule is Oc1cccc(-n2ncc3cccc(O)c32)c1. The van der Waals surface area contributed by atoms with E-state index in [2.05, 4.69) is 5.10 Å². The molecular weight excluding hydrogens is 216 g/mol. The molecule has 0 saturated heterocycles. The highest BCUT2D eigenvalue weighted by atomic mass is 16.3. The van der Waals surface area contributed by atoms with E-state index in [0.717, 1.165) is 5.39 Å². The molecule has 0 fully saturated rings. The van der Waals surface area contributed by atoms with Gasteiger partial charge in [0.05, 0.1) is 11.9 Å². The summed E-state index contributed by atoms with van der Waals surface area (Å²) in [5.74, 6) is 0.338. The van der Waals surface area contributed by atoms with E-state index in [0.29, 0.717) is 11.2 Å². The fraction of sp³-hybridized carbons (Fsp3) is 0. The van der Waals surface area contributed by atoms with Gasteiger partial charge in [-0.3, -0.25) is 0 Å². The Morgan fingerprint density at radius 2 is 1.82 bits per heavy atom. The monoisotopic (exact) mass is 226 g/mol. The van der Waals surface area contributed by atoms with Crippen LogP contribution in [-0.2, 0) is 0 Å². The minimum Gasteiger partial charge on any atom is -0.508 e. The fourth-order valence-electron chi connectivity index (χ4n) is 1.88. The number of benzene rings is 2. The Bertz CT molecular complexity index is 689. The largest absolute Gasteiger partial charge is 0.508 e. The topological polar surface area (TPSA) is 58.3 Å². The third-order valence-corrected chi connectivity index (χ3v) is 2.64. The van der Waals surface area contributed by atoms with Crippen LogP contribution in [0.5, 0.6) is 11.5 Å². The molecule has 2 aromatic carbocycles. The predicted molar refractivity (Wildman–Crippen MR) is 64.4 cm³/mol. The smallest absolute Gasteiger partial charge is 0.141 e. The second-order valence-corrected chi connectivity index (χ2v) is 3.79. The van der Waals surface area contributed by atoms with Crippen molar-refractivity contribution < 1.29 is 10.2 Å². The van der Waals surface area contributed by atoms with Crippen molar-refractivity contribution in [3.63, 3.8) is 0 Å². The van der Waals surface area contributed by atoms with E-state index in [1.807, 2.05) is 12.1 Å². The zero-order valence-corrected chi connectivity index (χ0v) is 8.91. The number of hydrogen-bond acceptors (Lipinski definition) is 3. The Balaban J connectivity index is 2.31. The Morgan fingerprint density at radius 1 is 1.00 bits per heavy atom. The van der Waals surface area contributed by atoms with Gasteiger partial charge < -0.3 is 10.2 Å². The zero-order chi connectivity index (χ0) is 11.8. The quantitative estimate of drug-likeness (QED) is 0.670. The van der Waals surface area contributed by atoms with E-state index in [-0.39, 0.29) is 11.5 Å². The van der Waals surface area contributed by atoms with Gasteiger partial charge in [-0.05, 0) is 18.2 Å². The molecule has 0 aliphatic rings. The van der Waals surface area contributed by atoms with Crippen LogP contribution in [0.25, 0.3) is 16.6 Å². The third kappa shape index (κ3) is 1.50. The first-order valence-corrected chi connectivity index (χ1v) is 5.21. The van der Waals surface area contributed by atoms with Crippen LogP contribution in [0.15, 0.2) is 48.7 Å². The summed E-state index contributed by atoms with van der Waals surface area (Å²) in [5, 5.41) is 24.4. The summed E-state index contributed by atoms with van der Waals surface area (Å²) in [4.78, 5) is 0. The molecule has 4 heteroatoms. The summed E-state index contributed by atoms with van der Waals surface area (Å²) in [6, 6.07) is 12.0. The van der Waals surface area contributed by atoms with Gasteiger partial charge in [0.15, 0.2) is 0 Å². The van der Waals surface area contributed by atoms with Crippen LogP contribution >= 0.6 is 0 Å². The van der Waals surface area contributed by atoms with Gasteiger partial charge in [0.1, 0.15) is 17.0 Å². The highest BCUT2D eigenvalue weighted by molar-refractivity contribution is 5.85. The number of aromatic hydroxyl groups is 2. The molecule has 4 nitrogen and oxygen atoms in total. The summed E-state index contributed by atoms with van der Waals surface area (Å²) in [5.41, 5.74) is 1.35. The van der Waals surface area contributed by atoms with E-state index in [1.54, 1.807) is 41.2 Å². The number of hydrogen-bond donors (Lipinski definition) is 2. The molecule has 3 aromatic rings. The third-order valence-electron chi connectivity index (χ3n) is 2.64. The average Bonchev–Trinajstić information content (AvgIpc) is 2.74. The van der Waals surface area contributed by atoms with Crippen LogP contribution in [0.3, 0.4) is 0 Å². The van der Waals surface area contributed by atoms with Gasteiger partial charge in [-0.1, -0.05) is 18.2 Å². The van der Waals surface area contributed by atoms with Gasteiger partial charge in [0.2, 0.25) is 0 Å². The number of nitrogens with zero attached hydrogens (tertiary/aromatic N) is 2. The zero-order valence-electron chi connectivity index (χ0n) is 8.91. The second-order valence-electron chi connectivity index (χ2n) is 3.79. The maximum atomic E-state index is 9.85. The summed E-state index contributed by atoms with van der Waals surface area (Å²) < 4.78 is 1.60. The molecule has 1 heterocycles. The van der Waals surface area contributed by atoms with Gasteiger partial charge in [0.25, 0.3) is 0 Å². The summed E-state index contributed by atoms with van der Waals surface area (Å²) in [6.07, 6.45) is 1.68. The summed E-state index contributed by atoms with van der Waals surface area (Å²) in [7, 11) is 0. The number of phenolic OH excluding ortho intramolecular Hbond substituents is 2. The molecule has 3 rings (SSSR count). The van der Waals surface area contributed by atoms with E-state index in [4.69, 9.17) is 0 Å².